The number of carboxylic acid groups (broad SMARTS) is 1. The number of benzene rings is 1. The second kappa shape index (κ2) is 11.8. The molecule has 2 unspecified atom stereocenters. The fraction of sp³-hybridized carbons (Fsp3) is 0.375. The summed E-state index contributed by atoms with van der Waals surface area (Å²) in [5, 5.41) is 13.4. The van der Waals surface area contributed by atoms with E-state index in [-0.39, 0.29) is 28.7 Å². The van der Waals surface area contributed by atoms with E-state index in [1.165, 1.54) is 19.1 Å². The van der Waals surface area contributed by atoms with E-state index in [4.69, 9.17) is 10.5 Å². The van der Waals surface area contributed by atoms with Crippen LogP contribution in [0.15, 0.2) is 63.2 Å². The van der Waals surface area contributed by atoms with Gasteiger partial charge < -0.3 is 20.4 Å². The normalized spacial score (nSPS) is 22.0. The number of nitrogens with two attached hydrogens (primary N) is 1. The summed E-state index contributed by atoms with van der Waals surface area (Å²) in [6, 6.07) is 6.87. The van der Waals surface area contributed by atoms with Crippen molar-refractivity contribution in [2.24, 2.45) is 10.9 Å². The van der Waals surface area contributed by atoms with Crippen LogP contribution >= 0.6 is 11.8 Å². The lowest BCUT2D eigenvalue weighted by molar-refractivity contribution is -0.140. The number of halogens is 3. The van der Waals surface area contributed by atoms with Gasteiger partial charge in [0.25, 0.3) is 0 Å². The Labute approximate surface area is 226 Å². The van der Waals surface area contributed by atoms with E-state index < -0.39 is 45.5 Å². The molecule has 0 spiro atoms. The Morgan fingerprint density at radius 1 is 1.33 bits per heavy atom. The third kappa shape index (κ3) is 7.42. The van der Waals surface area contributed by atoms with Gasteiger partial charge in [-0.3, -0.25) is 4.79 Å². The Balaban J connectivity index is 1.73. The van der Waals surface area contributed by atoms with E-state index in [1.54, 1.807) is 24.3 Å². The summed E-state index contributed by atoms with van der Waals surface area (Å²) >= 11 is 0.868. The van der Waals surface area contributed by atoms with Gasteiger partial charge in [0.05, 0.1) is 12.3 Å². The van der Waals surface area contributed by atoms with E-state index in [0.29, 0.717) is 17.6 Å². The van der Waals surface area contributed by atoms with Crippen LogP contribution in [-0.4, -0.2) is 55.4 Å². The first-order valence-corrected chi connectivity index (χ1v) is 13.9. The standard InChI is InChI=1S/C24H26F3N3O7S2/c1-3-19(24(25,26)27)37-29-14(2)17-7-8-20(38-13-17)39(34,35)30-23(21(31)32)12-18(23)16-6-4-5-15(11-16)9-10-36-22(28)33/h3-8,11,18,30H,9-10,12-13H2,1-2H3,(H2,28,33)(H,31,32)/b19-3-,29-14+. The number of nitrogens with one attached hydrogen (secondary N) is 1. The van der Waals surface area contributed by atoms with E-state index >= 15 is 0 Å². The summed E-state index contributed by atoms with van der Waals surface area (Å²) < 4.78 is 71.5. The molecule has 2 aliphatic rings. The maximum Gasteiger partial charge on any atom is 0.451 e. The van der Waals surface area contributed by atoms with Crippen molar-refractivity contribution in [2.75, 3.05) is 12.4 Å². The quantitative estimate of drug-likeness (QED) is 0.199. The number of oxime groups is 1. The van der Waals surface area contributed by atoms with Gasteiger partial charge in [-0.25, -0.2) is 13.2 Å². The third-order valence-corrected chi connectivity index (χ3v) is 9.18. The number of carboxylic acids is 1. The van der Waals surface area contributed by atoms with Crippen LogP contribution in [0.1, 0.15) is 37.3 Å². The molecule has 0 radical (unpaired) electrons. The van der Waals surface area contributed by atoms with Gasteiger partial charge in [0, 0.05) is 18.1 Å². The second-order valence-corrected chi connectivity index (χ2v) is 11.6. The minimum atomic E-state index is -4.71. The van der Waals surface area contributed by atoms with Gasteiger partial charge in [-0.15, -0.1) is 11.8 Å². The van der Waals surface area contributed by atoms with Gasteiger partial charge in [-0.2, -0.15) is 17.9 Å². The van der Waals surface area contributed by atoms with Crippen LogP contribution in [0, 0.1) is 0 Å². The number of sulfonamides is 1. The zero-order valence-electron chi connectivity index (χ0n) is 20.8. The molecular weight excluding hydrogens is 563 g/mol. The van der Waals surface area contributed by atoms with Crippen LogP contribution in [0.3, 0.4) is 0 Å². The van der Waals surface area contributed by atoms with Gasteiger partial charge in [0.2, 0.25) is 15.8 Å². The van der Waals surface area contributed by atoms with Crippen molar-refractivity contribution < 1.29 is 45.9 Å². The summed E-state index contributed by atoms with van der Waals surface area (Å²) in [6.45, 7) is 2.61. The van der Waals surface area contributed by atoms with Gasteiger partial charge in [-0.1, -0.05) is 35.5 Å². The summed E-state index contributed by atoms with van der Waals surface area (Å²) in [6.07, 6.45) is -1.91. The predicted molar refractivity (Wildman–Crippen MR) is 138 cm³/mol. The molecule has 2 atom stereocenters. The number of rotatable bonds is 11. The van der Waals surface area contributed by atoms with E-state index in [9.17, 15) is 36.3 Å². The highest BCUT2D eigenvalue weighted by Gasteiger charge is 2.63. The molecule has 15 heteroatoms. The van der Waals surface area contributed by atoms with Crippen LogP contribution in [-0.2, 0) is 30.8 Å². The summed E-state index contributed by atoms with van der Waals surface area (Å²) in [5.74, 6) is -3.19. The molecule has 1 saturated carbocycles. The lowest BCUT2D eigenvalue weighted by Crippen LogP contribution is -2.44. The molecule has 39 heavy (non-hydrogen) atoms. The molecule has 1 aliphatic heterocycles. The van der Waals surface area contributed by atoms with Crippen molar-refractivity contribution in [3.63, 3.8) is 0 Å². The Morgan fingerprint density at radius 3 is 2.62 bits per heavy atom. The van der Waals surface area contributed by atoms with Crippen LogP contribution < -0.4 is 10.5 Å². The first-order chi connectivity index (χ1) is 18.2. The molecule has 1 aromatic carbocycles. The molecule has 212 valence electrons. The smallest absolute Gasteiger partial charge is 0.451 e. The lowest BCUT2D eigenvalue weighted by Gasteiger charge is -2.19. The zero-order chi connectivity index (χ0) is 29.0. The molecule has 0 saturated heterocycles. The van der Waals surface area contributed by atoms with Gasteiger partial charge in [-0.05, 0) is 49.1 Å². The number of aliphatic carboxylic acids is 1. The van der Waals surface area contributed by atoms with Crippen LogP contribution in [0.5, 0.6) is 0 Å². The summed E-state index contributed by atoms with van der Waals surface area (Å²) in [7, 11) is -4.25. The highest BCUT2D eigenvalue weighted by Crippen LogP contribution is 2.53. The summed E-state index contributed by atoms with van der Waals surface area (Å²) in [5.41, 5.74) is 5.11. The number of allylic oxidation sites excluding steroid dienone is 4. The predicted octanol–water partition coefficient (Wildman–Crippen LogP) is 3.93. The SMILES string of the molecule is C/C=C(\O/N=C(\C)C1=CC=C(S(=O)(=O)NC2(C(=O)O)CC2c2cccc(CCOC(N)=O)c2)SC1)C(F)(F)F. The van der Waals surface area contributed by atoms with E-state index in [0.717, 1.165) is 30.3 Å². The molecule has 0 aromatic heterocycles. The van der Waals surface area contributed by atoms with E-state index in [2.05, 4.69) is 14.7 Å². The topological polar surface area (TPSA) is 157 Å². The minimum Gasteiger partial charge on any atom is -0.480 e. The Morgan fingerprint density at radius 2 is 2.05 bits per heavy atom. The fourth-order valence-corrected chi connectivity index (χ4v) is 6.66. The minimum absolute atomic E-state index is 0.0252. The average molecular weight is 590 g/mol. The Bertz CT molecular complexity index is 1370. The molecule has 1 aliphatic carbocycles. The number of thioether (sulfide) groups is 1. The van der Waals surface area contributed by atoms with Gasteiger partial charge >= 0.3 is 18.2 Å². The van der Waals surface area contributed by atoms with Crippen molar-refractivity contribution in [1.29, 1.82) is 0 Å². The molecular formula is C24H26F3N3O7S2. The van der Waals surface area contributed by atoms with Crippen LogP contribution in [0.4, 0.5) is 18.0 Å². The Kier molecular flexibility index (Phi) is 9.18. The van der Waals surface area contributed by atoms with Gasteiger partial charge in [0.1, 0.15) is 9.78 Å². The van der Waals surface area contributed by atoms with Gasteiger partial charge in [0.15, 0.2) is 0 Å². The molecule has 3 rings (SSSR count). The number of nitrogens with zero attached hydrogens (tertiary/aromatic N) is 1. The molecule has 1 heterocycles. The largest absolute Gasteiger partial charge is 0.480 e. The highest BCUT2D eigenvalue weighted by molar-refractivity contribution is 8.18. The molecule has 10 nitrogen and oxygen atoms in total. The second-order valence-electron chi connectivity index (χ2n) is 8.69. The highest BCUT2D eigenvalue weighted by atomic mass is 32.3. The number of carbonyl (C=O) groups excluding carboxylic acids is 1. The first kappa shape index (κ1) is 30.2. The van der Waals surface area contributed by atoms with Crippen molar-refractivity contribution in [1.82, 2.24) is 4.72 Å². The molecule has 4 N–H and O–H groups in total. The maximum atomic E-state index is 13.1. The van der Waals surface area contributed by atoms with Crippen molar-refractivity contribution in [3.05, 3.63) is 69.2 Å². The average Bonchev–Trinajstić information content (AvgIpc) is 3.58. The lowest BCUT2D eigenvalue weighted by atomic mass is 10.0. The number of alkyl halides is 3. The maximum absolute atomic E-state index is 13.1. The first-order valence-electron chi connectivity index (χ1n) is 11.5. The number of carbonyl (C=O) groups is 2. The van der Waals surface area contributed by atoms with Crippen LogP contribution in [0.2, 0.25) is 0 Å². The van der Waals surface area contributed by atoms with Crippen molar-refractivity contribution in [2.45, 2.75) is 44.3 Å². The van der Waals surface area contributed by atoms with Crippen molar-refractivity contribution in [3.8, 4) is 0 Å². The number of amides is 1. The number of hydrogen-bond acceptors (Lipinski definition) is 8. The van der Waals surface area contributed by atoms with Crippen LogP contribution in [0.25, 0.3) is 0 Å². The van der Waals surface area contributed by atoms with Crippen molar-refractivity contribution >= 4 is 39.6 Å². The number of primary amides is 1. The third-order valence-electron chi connectivity index (χ3n) is 5.99. The number of ether oxygens (including phenoxy) is 1. The number of hydrogen-bond donors (Lipinski definition) is 3. The fourth-order valence-electron chi connectivity index (χ4n) is 3.83. The van der Waals surface area contributed by atoms with E-state index in [1.807, 2.05) is 0 Å². The molecule has 1 aromatic rings. The molecule has 1 fully saturated rings. The zero-order valence-corrected chi connectivity index (χ0v) is 22.5. The molecule has 0 bridgehead atoms. The molecule has 1 amide bonds. The summed E-state index contributed by atoms with van der Waals surface area (Å²) in [4.78, 5) is 27.4. The monoisotopic (exact) mass is 589 g/mol. The Hall–Kier alpha value is -3.30.